The van der Waals surface area contributed by atoms with E-state index < -0.39 is 0 Å². The largest absolute Gasteiger partial charge is 0.248 e. The topological polar surface area (TPSA) is 12.9 Å². The summed E-state index contributed by atoms with van der Waals surface area (Å²) in [7, 11) is 0. The third-order valence-corrected chi connectivity index (χ3v) is 4.39. The van der Waals surface area contributed by atoms with Gasteiger partial charge in [-0.05, 0) is 62.2 Å². The van der Waals surface area contributed by atoms with Crippen LogP contribution >= 0.6 is 31.9 Å². The Balaban J connectivity index is 2.36. The highest BCUT2D eigenvalue weighted by Crippen LogP contribution is 2.41. The van der Waals surface area contributed by atoms with Gasteiger partial charge >= 0.3 is 0 Å². The van der Waals surface area contributed by atoms with Crippen LogP contribution in [0.3, 0.4) is 0 Å². The summed E-state index contributed by atoms with van der Waals surface area (Å²) in [4.78, 5) is 4.15. The quantitative estimate of drug-likeness (QED) is 0.716. The minimum absolute atomic E-state index is 0.763. The molecule has 0 saturated heterocycles. The van der Waals surface area contributed by atoms with E-state index in [-0.39, 0.29) is 0 Å². The van der Waals surface area contributed by atoms with Crippen LogP contribution in [0.25, 0.3) is 0 Å². The van der Waals surface area contributed by atoms with E-state index in [0.717, 1.165) is 15.0 Å². The molecule has 1 fully saturated rings. The molecule has 2 rings (SSSR count). The van der Waals surface area contributed by atoms with E-state index in [0.29, 0.717) is 0 Å². The van der Waals surface area contributed by atoms with Crippen LogP contribution in [-0.2, 0) is 0 Å². The number of pyridine rings is 1. The van der Waals surface area contributed by atoms with Crippen LogP contribution in [0.1, 0.15) is 30.7 Å². The van der Waals surface area contributed by atoms with Crippen molar-refractivity contribution in [3.05, 3.63) is 26.9 Å². The molecule has 0 aliphatic heterocycles. The average Bonchev–Trinajstić information content (AvgIpc) is 1.95. The monoisotopic (exact) mass is 289 g/mol. The Morgan fingerprint density at radius 2 is 2.08 bits per heavy atom. The second kappa shape index (κ2) is 3.46. The molecule has 0 spiro atoms. The highest BCUT2D eigenvalue weighted by atomic mass is 79.9. The van der Waals surface area contributed by atoms with Gasteiger partial charge in [-0.1, -0.05) is 6.42 Å². The summed E-state index contributed by atoms with van der Waals surface area (Å²) < 4.78 is 2.06. The van der Waals surface area contributed by atoms with E-state index in [4.69, 9.17) is 0 Å². The van der Waals surface area contributed by atoms with Crippen LogP contribution in [0.2, 0.25) is 0 Å². The van der Waals surface area contributed by atoms with Crippen molar-refractivity contribution in [3.8, 4) is 0 Å². The highest BCUT2D eigenvalue weighted by Gasteiger charge is 2.22. The third kappa shape index (κ3) is 1.44. The Labute approximate surface area is 88.8 Å². The Morgan fingerprint density at radius 1 is 1.33 bits per heavy atom. The van der Waals surface area contributed by atoms with Gasteiger partial charge in [-0.3, -0.25) is 0 Å². The number of hydrogen-bond donors (Lipinski definition) is 0. The zero-order valence-electron chi connectivity index (χ0n) is 6.56. The second-order valence-electron chi connectivity index (χ2n) is 3.13. The lowest BCUT2D eigenvalue weighted by molar-refractivity contribution is 0.418. The van der Waals surface area contributed by atoms with Crippen LogP contribution in [0.4, 0.5) is 0 Å². The molecule has 1 nitrogen and oxygen atoms in total. The predicted molar refractivity (Wildman–Crippen MR) is 56.2 cm³/mol. The van der Waals surface area contributed by atoms with Crippen LogP contribution in [0.15, 0.2) is 21.3 Å². The van der Waals surface area contributed by atoms with Crippen LogP contribution < -0.4 is 0 Å². The van der Waals surface area contributed by atoms with Crippen molar-refractivity contribution in [3.63, 3.8) is 0 Å². The molecule has 0 bridgehead atoms. The third-order valence-electron chi connectivity index (χ3n) is 2.42. The fourth-order valence-electron chi connectivity index (χ4n) is 1.47. The van der Waals surface area contributed by atoms with Gasteiger partial charge in [0.25, 0.3) is 0 Å². The smallest absolute Gasteiger partial charge is 0.120 e. The van der Waals surface area contributed by atoms with Crippen molar-refractivity contribution >= 4 is 31.9 Å². The predicted octanol–water partition coefficient (Wildman–Crippen LogP) is 3.87. The van der Waals surface area contributed by atoms with E-state index in [2.05, 4.69) is 42.9 Å². The maximum Gasteiger partial charge on any atom is 0.120 e. The van der Waals surface area contributed by atoms with Crippen LogP contribution in [0, 0.1) is 0 Å². The lowest BCUT2D eigenvalue weighted by Crippen LogP contribution is -2.09. The van der Waals surface area contributed by atoms with E-state index in [9.17, 15) is 0 Å². The minimum atomic E-state index is 0.763. The molecule has 0 aromatic carbocycles. The maximum atomic E-state index is 4.15. The molecular weight excluding hydrogens is 282 g/mol. The lowest BCUT2D eigenvalue weighted by Gasteiger charge is -2.26. The van der Waals surface area contributed by atoms with Crippen molar-refractivity contribution in [2.75, 3.05) is 0 Å². The van der Waals surface area contributed by atoms with Crippen LogP contribution in [0.5, 0.6) is 0 Å². The van der Waals surface area contributed by atoms with Gasteiger partial charge in [0, 0.05) is 6.20 Å². The number of rotatable bonds is 1. The molecule has 64 valence electrons. The average molecular weight is 291 g/mol. The van der Waals surface area contributed by atoms with Crippen molar-refractivity contribution in [1.29, 1.82) is 0 Å². The van der Waals surface area contributed by atoms with E-state index in [1.54, 1.807) is 0 Å². The van der Waals surface area contributed by atoms with Gasteiger partial charge in [0.05, 0.1) is 4.47 Å². The summed E-state index contributed by atoms with van der Waals surface area (Å²) in [6.45, 7) is 0. The Bertz CT molecular complexity index is 295. The fraction of sp³-hybridized carbons (Fsp3) is 0.444. The summed E-state index contributed by atoms with van der Waals surface area (Å²) >= 11 is 6.96. The summed E-state index contributed by atoms with van der Waals surface area (Å²) in [6.07, 6.45) is 5.89. The van der Waals surface area contributed by atoms with Gasteiger partial charge in [0.15, 0.2) is 0 Å². The Morgan fingerprint density at radius 3 is 2.67 bits per heavy atom. The van der Waals surface area contributed by atoms with Gasteiger partial charge in [-0.2, -0.15) is 0 Å². The lowest BCUT2D eigenvalue weighted by atomic mass is 9.80. The van der Waals surface area contributed by atoms with Crippen molar-refractivity contribution in [2.45, 2.75) is 25.2 Å². The standard InChI is InChI=1S/C9H9Br2N/c10-8-7(6-2-1-3-6)4-5-12-9(8)11/h4-6H,1-3H2. The van der Waals surface area contributed by atoms with Crippen molar-refractivity contribution in [2.24, 2.45) is 0 Å². The number of hydrogen-bond acceptors (Lipinski definition) is 1. The molecule has 1 aliphatic carbocycles. The molecule has 0 amide bonds. The van der Waals surface area contributed by atoms with Gasteiger partial charge in [0.2, 0.25) is 0 Å². The van der Waals surface area contributed by atoms with Gasteiger partial charge in [-0.15, -0.1) is 0 Å². The SMILES string of the molecule is Brc1nccc(C2CCC2)c1Br. The maximum absolute atomic E-state index is 4.15. The molecule has 12 heavy (non-hydrogen) atoms. The first-order valence-electron chi connectivity index (χ1n) is 4.09. The number of aromatic nitrogens is 1. The number of nitrogens with zero attached hydrogens (tertiary/aromatic N) is 1. The Kier molecular flexibility index (Phi) is 2.51. The van der Waals surface area contributed by atoms with Crippen molar-refractivity contribution in [1.82, 2.24) is 4.98 Å². The molecule has 1 aliphatic rings. The first-order chi connectivity index (χ1) is 5.79. The van der Waals surface area contributed by atoms with Gasteiger partial charge in [-0.25, -0.2) is 4.98 Å². The molecule has 0 N–H and O–H groups in total. The normalized spacial score (nSPS) is 17.5. The number of halogens is 2. The van der Waals surface area contributed by atoms with Crippen LogP contribution in [-0.4, -0.2) is 4.98 Å². The summed E-state index contributed by atoms with van der Waals surface area (Å²) in [5, 5.41) is 0. The van der Waals surface area contributed by atoms with E-state index in [1.807, 2.05) is 6.20 Å². The summed E-state index contributed by atoms with van der Waals surface area (Å²) in [5.41, 5.74) is 1.41. The zero-order valence-corrected chi connectivity index (χ0v) is 9.73. The molecule has 1 aromatic rings. The second-order valence-corrected chi connectivity index (χ2v) is 4.68. The molecule has 0 atom stereocenters. The molecule has 1 saturated carbocycles. The van der Waals surface area contributed by atoms with E-state index in [1.165, 1.54) is 24.8 Å². The van der Waals surface area contributed by atoms with Gasteiger partial charge < -0.3 is 0 Å². The molecule has 1 heterocycles. The van der Waals surface area contributed by atoms with Gasteiger partial charge in [0.1, 0.15) is 4.60 Å². The molecule has 3 heteroatoms. The first kappa shape index (κ1) is 8.70. The van der Waals surface area contributed by atoms with Crippen molar-refractivity contribution < 1.29 is 0 Å². The molecule has 0 unspecified atom stereocenters. The minimum Gasteiger partial charge on any atom is -0.248 e. The highest BCUT2D eigenvalue weighted by molar-refractivity contribution is 9.13. The molecule has 1 aromatic heterocycles. The first-order valence-corrected chi connectivity index (χ1v) is 5.67. The zero-order chi connectivity index (χ0) is 8.55. The molecular formula is C9H9Br2N. The Hall–Kier alpha value is 0.110. The van der Waals surface area contributed by atoms with E-state index >= 15 is 0 Å². The fourth-order valence-corrected chi connectivity index (χ4v) is 2.37. The molecule has 0 radical (unpaired) electrons. The summed E-state index contributed by atoms with van der Waals surface area (Å²) in [5.74, 6) is 0.763. The summed E-state index contributed by atoms with van der Waals surface area (Å²) in [6, 6.07) is 2.11.